The Morgan fingerprint density at radius 2 is 1.75 bits per heavy atom. The highest BCUT2D eigenvalue weighted by molar-refractivity contribution is 5.97. The minimum absolute atomic E-state index is 0.0289. The van der Waals surface area contributed by atoms with Crippen molar-refractivity contribution in [3.8, 4) is 0 Å². The zero-order valence-corrected chi connectivity index (χ0v) is 26.2. The molecule has 13 nitrogen and oxygen atoms in total. The maximum atomic E-state index is 13.4. The molecule has 44 heavy (non-hydrogen) atoms. The summed E-state index contributed by atoms with van der Waals surface area (Å²) in [5.41, 5.74) is 12.2. The number of anilines is 1. The predicted molar refractivity (Wildman–Crippen MR) is 165 cm³/mol. The van der Waals surface area contributed by atoms with Crippen molar-refractivity contribution in [2.45, 2.75) is 84.3 Å². The number of Topliss-reactive ketones (excluding diaryl/α,β-unsaturated/α-hetero) is 1. The van der Waals surface area contributed by atoms with Gasteiger partial charge in [0.15, 0.2) is 5.78 Å². The summed E-state index contributed by atoms with van der Waals surface area (Å²) in [4.78, 5) is 77.0. The Labute approximate surface area is 259 Å². The van der Waals surface area contributed by atoms with E-state index in [0.717, 1.165) is 5.56 Å². The Balaban J connectivity index is 1.99. The summed E-state index contributed by atoms with van der Waals surface area (Å²) in [6.45, 7) is 6.48. The fourth-order valence-electron chi connectivity index (χ4n) is 5.38. The van der Waals surface area contributed by atoms with Crippen molar-refractivity contribution in [1.29, 1.82) is 0 Å². The maximum Gasteiger partial charge on any atom is 0.312 e. The molecule has 5 amide bonds. The molecular formula is C31H48N6O7. The first-order valence-electron chi connectivity index (χ1n) is 15.2. The molecule has 0 bridgehead atoms. The van der Waals surface area contributed by atoms with Gasteiger partial charge in [-0.15, -0.1) is 0 Å². The number of primary amides is 1. The molecule has 13 heteroatoms. The number of urea groups is 1. The van der Waals surface area contributed by atoms with Crippen LogP contribution in [0.4, 0.5) is 10.5 Å². The summed E-state index contributed by atoms with van der Waals surface area (Å²) in [6.07, 6.45) is 1.47. The van der Waals surface area contributed by atoms with Gasteiger partial charge < -0.3 is 37.1 Å². The van der Waals surface area contributed by atoms with Crippen LogP contribution in [-0.4, -0.2) is 72.7 Å². The van der Waals surface area contributed by atoms with Crippen molar-refractivity contribution in [3.63, 3.8) is 0 Å². The standard InChI is InChI=1S/C31H48N6O7/c1-19(2)28(36-26(39)11-12-27(40)37-15-13-23(16-20(37)3)30(42)44-4)25(38)17-22(6-5-14-34-31(33)43)29(41)35-24-9-7-21(18-32)8-10-24/h7-10,19-20,22-23,28H,5-6,11-18,32H2,1-4H3,(H,35,41)(H,36,39)(H3,33,34,43)/t20?,22-,23?,28+/m1/s1. The molecule has 2 unspecified atom stereocenters. The van der Waals surface area contributed by atoms with Gasteiger partial charge in [0.2, 0.25) is 17.7 Å². The number of carbonyl (C=O) groups excluding carboxylic acids is 6. The number of ketones is 1. The third-order valence-corrected chi connectivity index (χ3v) is 7.93. The minimum atomic E-state index is -0.852. The number of ether oxygens (including phenoxy) is 1. The van der Waals surface area contributed by atoms with E-state index in [-0.39, 0.29) is 67.3 Å². The molecule has 4 atom stereocenters. The average Bonchev–Trinajstić information content (AvgIpc) is 2.99. The fraction of sp³-hybridized carbons (Fsp3) is 0.613. The lowest BCUT2D eigenvalue weighted by atomic mass is 9.89. The van der Waals surface area contributed by atoms with Crippen LogP contribution >= 0.6 is 0 Å². The summed E-state index contributed by atoms with van der Waals surface area (Å²) < 4.78 is 4.82. The van der Waals surface area contributed by atoms with Crippen LogP contribution < -0.4 is 27.4 Å². The number of likely N-dealkylation sites (tertiary alicyclic amines) is 1. The lowest BCUT2D eigenvalue weighted by Crippen LogP contribution is -2.47. The number of benzene rings is 1. The zero-order chi connectivity index (χ0) is 32.8. The first-order chi connectivity index (χ1) is 20.9. The number of amides is 5. The molecule has 7 N–H and O–H groups in total. The van der Waals surface area contributed by atoms with Crippen molar-refractivity contribution in [2.24, 2.45) is 29.2 Å². The molecule has 0 saturated carbocycles. The van der Waals surface area contributed by atoms with Crippen molar-refractivity contribution >= 4 is 41.2 Å². The van der Waals surface area contributed by atoms with Crippen LogP contribution in [0.15, 0.2) is 24.3 Å². The normalized spacial score (nSPS) is 17.7. The molecule has 2 rings (SSSR count). The van der Waals surface area contributed by atoms with E-state index in [1.54, 1.807) is 43.0 Å². The van der Waals surface area contributed by atoms with Gasteiger partial charge in [0.05, 0.1) is 19.1 Å². The highest BCUT2D eigenvalue weighted by atomic mass is 16.5. The summed E-state index contributed by atoms with van der Waals surface area (Å²) >= 11 is 0. The fourth-order valence-corrected chi connectivity index (χ4v) is 5.38. The summed E-state index contributed by atoms with van der Waals surface area (Å²) in [7, 11) is 1.35. The Bertz CT molecular complexity index is 1160. The van der Waals surface area contributed by atoms with Crippen molar-refractivity contribution < 1.29 is 33.5 Å². The maximum absolute atomic E-state index is 13.4. The molecular weight excluding hydrogens is 568 g/mol. The highest BCUT2D eigenvalue weighted by Gasteiger charge is 2.33. The van der Waals surface area contributed by atoms with Crippen LogP contribution in [0.25, 0.3) is 0 Å². The van der Waals surface area contributed by atoms with Gasteiger partial charge in [-0.3, -0.25) is 24.0 Å². The van der Waals surface area contributed by atoms with E-state index in [4.69, 9.17) is 16.2 Å². The number of nitrogens with zero attached hydrogens (tertiary/aromatic N) is 1. The zero-order valence-electron chi connectivity index (χ0n) is 26.2. The number of nitrogens with one attached hydrogen (secondary N) is 3. The Hall–Kier alpha value is -4.00. The lowest BCUT2D eigenvalue weighted by Gasteiger charge is -2.36. The topological polar surface area (TPSA) is 203 Å². The number of esters is 1. The number of nitrogens with two attached hydrogens (primary N) is 2. The van der Waals surface area contributed by atoms with Crippen LogP contribution in [-0.2, 0) is 35.3 Å². The van der Waals surface area contributed by atoms with Crippen LogP contribution in [0.5, 0.6) is 0 Å². The van der Waals surface area contributed by atoms with Gasteiger partial charge in [-0.1, -0.05) is 26.0 Å². The van der Waals surface area contributed by atoms with Gasteiger partial charge in [0.25, 0.3) is 0 Å². The molecule has 1 saturated heterocycles. The van der Waals surface area contributed by atoms with E-state index in [0.29, 0.717) is 44.5 Å². The number of hydrogen-bond donors (Lipinski definition) is 5. The van der Waals surface area contributed by atoms with E-state index < -0.39 is 23.9 Å². The largest absolute Gasteiger partial charge is 0.469 e. The van der Waals surface area contributed by atoms with Crippen molar-refractivity contribution in [1.82, 2.24) is 15.5 Å². The molecule has 1 aromatic rings. The third-order valence-electron chi connectivity index (χ3n) is 7.93. The monoisotopic (exact) mass is 616 g/mol. The second kappa shape index (κ2) is 18.0. The van der Waals surface area contributed by atoms with Gasteiger partial charge in [0.1, 0.15) is 0 Å². The third kappa shape index (κ3) is 11.6. The molecule has 0 aromatic heterocycles. The number of methoxy groups -OCH3 is 1. The molecule has 0 aliphatic carbocycles. The van der Waals surface area contributed by atoms with Gasteiger partial charge in [0, 0.05) is 56.5 Å². The smallest absolute Gasteiger partial charge is 0.312 e. The Morgan fingerprint density at radius 1 is 1.07 bits per heavy atom. The van der Waals surface area contributed by atoms with Crippen molar-refractivity contribution in [2.75, 3.05) is 25.5 Å². The number of hydrogen-bond acceptors (Lipinski definition) is 8. The van der Waals surface area contributed by atoms with Crippen LogP contribution in [0, 0.1) is 17.8 Å². The van der Waals surface area contributed by atoms with E-state index in [1.165, 1.54) is 7.11 Å². The molecule has 1 aromatic carbocycles. The van der Waals surface area contributed by atoms with Gasteiger partial charge in [-0.25, -0.2) is 4.79 Å². The Morgan fingerprint density at radius 3 is 2.32 bits per heavy atom. The Kier molecular flexibility index (Phi) is 14.8. The van der Waals surface area contributed by atoms with Gasteiger partial charge in [-0.05, 0) is 56.2 Å². The van der Waals surface area contributed by atoms with E-state index in [9.17, 15) is 28.8 Å². The van der Waals surface area contributed by atoms with Crippen LogP contribution in [0.1, 0.15) is 71.3 Å². The molecule has 1 heterocycles. The van der Waals surface area contributed by atoms with E-state index >= 15 is 0 Å². The lowest BCUT2D eigenvalue weighted by molar-refractivity contribution is -0.150. The van der Waals surface area contributed by atoms with Crippen LogP contribution in [0.3, 0.4) is 0 Å². The molecule has 244 valence electrons. The first kappa shape index (κ1) is 36.2. The number of carbonyl (C=O) groups is 6. The summed E-state index contributed by atoms with van der Waals surface area (Å²) in [6, 6.07) is 5.37. The summed E-state index contributed by atoms with van der Waals surface area (Å²) in [5.74, 6) is -2.80. The molecule has 0 radical (unpaired) electrons. The highest BCUT2D eigenvalue weighted by Crippen LogP contribution is 2.25. The van der Waals surface area contributed by atoms with Gasteiger partial charge >= 0.3 is 12.0 Å². The average molecular weight is 617 g/mol. The molecule has 1 fully saturated rings. The van der Waals surface area contributed by atoms with E-state index in [2.05, 4.69) is 16.0 Å². The molecule has 1 aliphatic rings. The van der Waals surface area contributed by atoms with E-state index in [1.807, 2.05) is 6.92 Å². The van der Waals surface area contributed by atoms with Gasteiger partial charge in [-0.2, -0.15) is 0 Å². The second-order valence-electron chi connectivity index (χ2n) is 11.7. The number of piperidine rings is 1. The van der Waals surface area contributed by atoms with Crippen molar-refractivity contribution in [3.05, 3.63) is 29.8 Å². The predicted octanol–water partition coefficient (Wildman–Crippen LogP) is 1.83. The SMILES string of the molecule is COC(=O)C1CCN(C(=O)CCC(=O)N[C@H](C(=O)C[C@@H](CCCNC(N)=O)C(=O)Nc2ccc(CN)cc2)C(C)C)C(C)C1. The minimum Gasteiger partial charge on any atom is -0.469 e. The van der Waals surface area contributed by atoms with Crippen LogP contribution in [0.2, 0.25) is 0 Å². The summed E-state index contributed by atoms with van der Waals surface area (Å²) in [5, 5.41) is 8.09. The molecule has 1 aliphatic heterocycles. The molecule has 0 spiro atoms. The second-order valence-corrected chi connectivity index (χ2v) is 11.7. The first-order valence-corrected chi connectivity index (χ1v) is 15.2. The quantitative estimate of drug-likeness (QED) is 0.137. The number of rotatable bonds is 16.